The molecule has 194 valence electrons. The number of rotatable bonds is 19. The molecule has 0 amide bonds. The van der Waals surface area contributed by atoms with Gasteiger partial charge in [0.1, 0.15) is 11.5 Å². The van der Waals surface area contributed by atoms with Crippen LogP contribution in [-0.4, -0.2) is 23.7 Å². The molecule has 0 aromatic heterocycles. The summed E-state index contributed by atoms with van der Waals surface area (Å²) in [5, 5.41) is -0.955. The Hall–Kier alpha value is -2.56. The maximum absolute atomic E-state index is 10.7. The lowest BCUT2D eigenvalue weighted by molar-refractivity contribution is -0.108. The lowest BCUT2D eigenvalue weighted by Gasteiger charge is -2.07. The van der Waals surface area contributed by atoms with Crippen molar-refractivity contribution in [2.75, 3.05) is 13.2 Å². The van der Waals surface area contributed by atoms with Gasteiger partial charge in [-0.1, -0.05) is 87.8 Å². The Labute approximate surface area is 225 Å². The van der Waals surface area contributed by atoms with E-state index in [0.717, 1.165) is 48.7 Å². The molecule has 0 spiro atoms. The average Bonchev–Trinajstić information content (AvgIpc) is 2.87. The van der Waals surface area contributed by atoms with Gasteiger partial charge in [0.15, 0.2) is 0 Å². The molecule has 0 saturated heterocycles. The topological polar surface area (TPSA) is 52.6 Å². The molecule has 0 aliphatic rings. The Morgan fingerprint density at radius 1 is 0.528 bits per heavy atom. The average molecular weight is 532 g/mol. The Kier molecular flexibility index (Phi) is 15.4. The van der Waals surface area contributed by atoms with E-state index in [1.54, 1.807) is 12.2 Å². The smallest absolute Gasteiger partial charge is 0.245 e. The van der Waals surface area contributed by atoms with Crippen molar-refractivity contribution in [3.63, 3.8) is 0 Å². The highest BCUT2D eigenvalue weighted by Gasteiger charge is 1.98. The van der Waals surface area contributed by atoms with Gasteiger partial charge in [-0.3, -0.25) is 9.59 Å². The van der Waals surface area contributed by atoms with Crippen LogP contribution in [0.15, 0.2) is 60.7 Å². The Bertz CT molecular complexity index is 870. The Morgan fingerprint density at radius 3 is 1.14 bits per heavy atom. The van der Waals surface area contributed by atoms with E-state index >= 15 is 0 Å². The van der Waals surface area contributed by atoms with E-state index in [9.17, 15) is 9.59 Å². The van der Waals surface area contributed by atoms with Crippen LogP contribution < -0.4 is 9.47 Å². The fourth-order valence-corrected chi connectivity index (χ4v) is 3.80. The monoisotopic (exact) mass is 530 g/mol. The summed E-state index contributed by atoms with van der Waals surface area (Å²) in [6.07, 6.45) is 18.2. The number of benzene rings is 2. The molecule has 0 saturated carbocycles. The minimum Gasteiger partial charge on any atom is -0.494 e. The first-order valence-electron chi connectivity index (χ1n) is 12.7. The van der Waals surface area contributed by atoms with Gasteiger partial charge in [-0.05, 0) is 83.6 Å². The van der Waals surface area contributed by atoms with E-state index in [1.807, 2.05) is 48.5 Å². The Balaban J connectivity index is 1.37. The zero-order valence-corrected chi connectivity index (χ0v) is 22.3. The molecule has 0 N–H and O–H groups in total. The van der Waals surface area contributed by atoms with Crippen molar-refractivity contribution in [2.24, 2.45) is 0 Å². The quantitative estimate of drug-likeness (QED) is 0.103. The zero-order valence-electron chi connectivity index (χ0n) is 20.8. The third-order valence-corrected chi connectivity index (χ3v) is 5.90. The molecule has 4 nitrogen and oxygen atoms in total. The molecule has 0 radical (unpaired) electrons. The molecule has 0 bridgehead atoms. The number of unbranched alkanes of at least 4 members (excludes halogenated alkanes) is 9. The van der Waals surface area contributed by atoms with Gasteiger partial charge in [-0.15, -0.1) is 0 Å². The van der Waals surface area contributed by atoms with Crippen LogP contribution in [0, 0.1) is 0 Å². The summed E-state index contributed by atoms with van der Waals surface area (Å²) in [6.45, 7) is 1.46. The van der Waals surface area contributed by atoms with Crippen molar-refractivity contribution in [2.45, 2.75) is 64.2 Å². The zero-order chi connectivity index (χ0) is 25.8. The summed E-state index contributed by atoms with van der Waals surface area (Å²) in [5.41, 5.74) is 1.84. The number of halogens is 2. The second-order valence-corrected chi connectivity index (χ2v) is 9.39. The van der Waals surface area contributed by atoms with E-state index in [0.29, 0.717) is 0 Å². The van der Waals surface area contributed by atoms with Crippen LogP contribution in [0.2, 0.25) is 0 Å². The highest BCUT2D eigenvalue weighted by atomic mass is 35.5. The standard InChI is InChI=1S/C30H36Cl2O4/c31-29(33)21-15-25-11-17-27(18-12-25)35-23-9-7-5-3-1-2-4-6-8-10-24-36-28-19-13-26(14-20-28)16-22-30(32)34/h11-22H,1-10,23-24H2/b21-15+,22-16+. The molecule has 0 unspecified atom stereocenters. The predicted octanol–water partition coefficient (Wildman–Crippen LogP) is 8.60. The van der Waals surface area contributed by atoms with Gasteiger partial charge in [0.05, 0.1) is 13.2 Å². The van der Waals surface area contributed by atoms with Crippen LogP contribution in [0.3, 0.4) is 0 Å². The van der Waals surface area contributed by atoms with Crippen molar-refractivity contribution in [3.05, 3.63) is 71.8 Å². The molecule has 0 aliphatic heterocycles. The summed E-state index contributed by atoms with van der Waals surface area (Å²) in [5.74, 6) is 1.70. The maximum Gasteiger partial charge on any atom is 0.245 e. The number of ether oxygens (including phenoxy) is 2. The lowest BCUT2D eigenvalue weighted by Crippen LogP contribution is -1.97. The number of hydrogen-bond donors (Lipinski definition) is 0. The number of carbonyl (C=O) groups excluding carboxylic acids is 2. The van der Waals surface area contributed by atoms with Gasteiger partial charge in [-0.2, -0.15) is 0 Å². The van der Waals surface area contributed by atoms with Crippen molar-refractivity contribution in [1.29, 1.82) is 0 Å². The van der Waals surface area contributed by atoms with E-state index in [1.165, 1.54) is 63.5 Å². The van der Waals surface area contributed by atoms with Crippen LogP contribution >= 0.6 is 23.2 Å². The van der Waals surface area contributed by atoms with Crippen molar-refractivity contribution < 1.29 is 19.1 Å². The largest absolute Gasteiger partial charge is 0.494 e. The molecule has 36 heavy (non-hydrogen) atoms. The van der Waals surface area contributed by atoms with Gasteiger partial charge in [0.2, 0.25) is 10.5 Å². The molecule has 6 heteroatoms. The molecule has 0 heterocycles. The van der Waals surface area contributed by atoms with Crippen molar-refractivity contribution >= 4 is 45.8 Å². The van der Waals surface area contributed by atoms with E-state index in [4.69, 9.17) is 32.7 Å². The van der Waals surface area contributed by atoms with Crippen LogP contribution in [0.25, 0.3) is 12.2 Å². The number of carbonyl (C=O) groups is 2. The molecule has 2 rings (SSSR count). The second-order valence-electron chi connectivity index (χ2n) is 8.65. The third kappa shape index (κ3) is 14.8. The van der Waals surface area contributed by atoms with Crippen LogP contribution in [0.4, 0.5) is 0 Å². The highest BCUT2D eigenvalue weighted by molar-refractivity contribution is 6.67. The van der Waals surface area contributed by atoms with Crippen LogP contribution in [0.5, 0.6) is 11.5 Å². The van der Waals surface area contributed by atoms with Gasteiger partial charge in [0.25, 0.3) is 0 Å². The van der Waals surface area contributed by atoms with Gasteiger partial charge < -0.3 is 9.47 Å². The first-order valence-corrected chi connectivity index (χ1v) is 13.5. The minimum atomic E-state index is -0.477. The van der Waals surface area contributed by atoms with Gasteiger partial charge in [0, 0.05) is 0 Å². The summed E-state index contributed by atoms with van der Waals surface area (Å²) in [6, 6.07) is 15.3. The molecule has 0 fully saturated rings. The molecule has 2 aromatic rings. The summed E-state index contributed by atoms with van der Waals surface area (Å²) >= 11 is 10.6. The van der Waals surface area contributed by atoms with Crippen LogP contribution in [-0.2, 0) is 9.59 Å². The van der Waals surface area contributed by atoms with Crippen molar-refractivity contribution in [1.82, 2.24) is 0 Å². The SMILES string of the molecule is O=C(Cl)/C=C/c1ccc(OCCCCCCCCCCCCOc2ccc(/C=C/C(=O)Cl)cc2)cc1. The molecular weight excluding hydrogens is 495 g/mol. The molecule has 2 aromatic carbocycles. The predicted molar refractivity (Wildman–Crippen MR) is 150 cm³/mol. The van der Waals surface area contributed by atoms with Gasteiger partial charge >= 0.3 is 0 Å². The normalized spacial score (nSPS) is 11.3. The molecular formula is C30H36Cl2O4. The Morgan fingerprint density at radius 2 is 0.833 bits per heavy atom. The molecule has 0 atom stereocenters. The second kappa shape index (κ2) is 18.7. The van der Waals surface area contributed by atoms with E-state index in [2.05, 4.69) is 0 Å². The molecule has 0 aliphatic carbocycles. The summed E-state index contributed by atoms with van der Waals surface area (Å²) in [7, 11) is 0. The third-order valence-electron chi connectivity index (χ3n) is 5.65. The first-order chi connectivity index (χ1) is 17.5. The van der Waals surface area contributed by atoms with E-state index in [-0.39, 0.29) is 0 Å². The first kappa shape index (κ1) is 29.7. The van der Waals surface area contributed by atoms with Gasteiger partial charge in [-0.25, -0.2) is 0 Å². The fraction of sp³-hybridized carbons (Fsp3) is 0.400. The maximum atomic E-state index is 10.7. The van der Waals surface area contributed by atoms with E-state index < -0.39 is 10.5 Å². The fourth-order valence-electron chi connectivity index (χ4n) is 3.67. The summed E-state index contributed by atoms with van der Waals surface area (Å²) < 4.78 is 11.6. The van der Waals surface area contributed by atoms with Crippen molar-refractivity contribution in [3.8, 4) is 11.5 Å². The number of hydrogen-bond acceptors (Lipinski definition) is 4. The minimum absolute atomic E-state index is 0.477. The summed E-state index contributed by atoms with van der Waals surface area (Å²) in [4.78, 5) is 21.5. The highest BCUT2D eigenvalue weighted by Crippen LogP contribution is 2.16. The van der Waals surface area contributed by atoms with Crippen LogP contribution in [0.1, 0.15) is 75.3 Å². The number of allylic oxidation sites excluding steroid dienone is 2. The lowest BCUT2D eigenvalue weighted by atomic mass is 10.1.